The van der Waals surface area contributed by atoms with Crippen molar-refractivity contribution >= 4 is 11.6 Å². The lowest BCUT2D eigenvalue weighted by molar-refractivity contribution is -0.124. The van der Waals surface area contributed by atoms with Crippen LogP contribution in [-0.2, 0) is 4.79 Å². The van der Waals surface area contributed by atoms with Gasteiger partial charge in [-0.3, -0.25) is 4.79 Å². The highest BCUT2D eigenvalue weighted by Crippen LogP contribution is 2.38. The van der Waals surface area contributed by atoms with Gasteiger partial charge in [0, 0.05) is 0 Å². The predicted molar refractivity (Wildman–Crippen MR) is 73.3 cm³/mol. The Hall–Kier alpha value is -1.75. The Kier molecular flexibility index (Phi) is 3.06. The molecule has 2 fully saturated rings. The second-order valence-electron chi connectivity index (χ2n) is 5.05. The molecule has 5 nitrogen and oxygen atoms in total. The lowest BCUT2D eigenvalue weighted by Crippen LogP contribution is -2.55. The zero-order chi connectivity index (χ0) is 13.3. The summed E-state index contributed by atoms with van der Waals surface area (Å²) in [7, 11) is 1.67. The van der Waals surface area contributed by atoms with Crippen molar-refractivity contribution < 1.29 is 9.53 Å². The lowest BCUT2D eigenvalue weighted by atomic mass is 9.86. The minimum Gasteiger partial charge on any atom is -0.495 e. The Bertz CT molecular complexity index is 483. The normalized spacial score (nSPS) is 21.5. The first-order valence-electron chi connectivity index (χ1n) is 6.68. The fourth-order valence-corrected chi connectivity index (χ4v) is 3.10. The molecule has 1 spiro atoms. The SMILES string of the molecule is COc1ccccc1N1CNC(=O)C12CCNCC2. The number of ether oxygens (including phenoxy) is 1. The molecule has 0 aromatic heterocycles. The van der Waals surface area contributed by atoms with E-state index in [9.17, 15) is 4.79 Å². The summed E-state index contributed by atoms with van der Waals surface area (Å²) in [5.41, 5.74) is 0.574. The van der Waals surface area contributed by atoms with Crippen molar-refractivity contribution in [1.29, 1.82) is 0 Å². The Morgan fingerprint density at radius 2 is 2.00 bits per heavy atom. The molecule has 2 aliphatic heterocycles. The van der Waals surface area contributed by atoms with E-state index in [2.05, 4.69) is 15.5 Å². The Labute approximate surface area is 112 Å². The molecule has 1 aromatic rings. The highest BCUT2D eigenvalue weighted by Gasteiger charge is 2.49. The van der Waals surface area contributed by atoms with Gasteiger partial charge in [0.1, 0.15) is 11.3 Å². The average Bonchev–Trinajstić information content (AvgIpc) is 2.77. The van der Waals surface area contributed by atoms with Crippen LogP contribution in [-0.4, -0.2) is 38.3 Å². The molecule has 5 heteroatoms. The van der Waals surface area contributed by atoms with Crippen LogP contribution in [0, 0.1) is 0 Å². The van der Waals surface area contributed by atoms with Crippen molar-refractivity contribution in [3.05, 3.63) is 24.3 Å². The molecule has 0 aliphatic carbocycles. The van der Waals surface area contributed by atoms with Gasteiger partial charge in [0.25, 0.3) is 0 Å². The number of nitrogens with zero attached hydrogens (tertiary/aromatic N) is 1. The number of nitrogens with one attached hydrogen (secondary N) is 2. The Morgan fingerprint density at radius 3 is 2.74 bits per heavy atom. The van der Waals surface area contributed by atoms with E-state index in [0.717, 1.165) is 37.4 Å². The van der Waals surface area contributed by atoms with Crippen molar-refractivity contribution in [2.45, 2.75) is 18.4 Å². The molecule has 2 N–H and O–H groups in total. The van der Waals surface area contributed by atoms with E-state index in [0.29, 0.717) is 6.67 Å². The summed E-state index contributed by atoms with van der Waals surface area (Å²) in [6.07, 6.45) is 1.66. The van der Waals surface area contributed by atoms with Crippen LogP contribution in [0.4, 0.5) is 5.69 Å². The van der Waals surface area contributed by atoms with E-state index in [1.807, 2.05) is 24.3 Å². The minimum absolute atomic E-state index is 0.139. The van der Waals surface area contributed by atoms with Gasteiger partial charge in [0.15, 0.2) is 0 Å². The largest absolute Gasteiger partial charge is 0.495 e. The summed E-state index contributed by atoms with van der Waals surface area (Å²) in [5, 5.41) is 6.30. The molecule has 2 aliphatic rings. The van der Waals surface area contributed by atoms with Crippen molar-refractivity contribution in [2.24, 2.45) is 0 Å². The molecule has 2 saturated heterocycles. The third-order valence-corrected chi connectivity index (χ3v) is 4.14. The summed E-state index contributed by atoms with van der Waals surface area (Å²) in [4.78, 5) is 14.5. The quantitative estimate of drug-likeness (QED) is 0.823. The maximum absolute atomic E-state index is 12.3. The average molecular weight is 261 g/mol. The highest BCUT2D eigenvalue weighted by atomic mass is 16.5. The zero-order valence-electron chi connectivity index (χ0n) is 11.1. The number of carbonyl (C=O) groups is 1. The molecule has 0 bridgehead atoms. The smallest absolute Gasteiger partial charge is 0.247 e. The van der Waals surface area contributed by atoms with E-state index in [1.165, 1.54) is 0 Å². The maximum Gasteiger partial charge on any atom is 0.247 e. The van der Waals surface area contributed by atoms with Crippen LogP contribution in [0.1, 0.15) is 12.8 Å². The van der Waals surface area contributed by atoms with Crippen LogP contribution in [0.25, 0.3) is 0 Å². The van der Waals surface area contributed by atoms with E-state index < -0.39 is 5.54 Å². The molecule has 2 heterocycles. The third-order valence-electron chi connectivity index (χ3n) is 4.14. The standard InChI is InChI=1S/C14H19N3O2/c1-19-12-5-3-2-4-11(12)17-10-16-13(18)14(17)6-8-15-9-7-14/h2-5,15H,6-10H2,1H3,(H,16,18). The van der Waals surface area contributed by atoms with E-state index >= 15 is 0 Å². The van der Waals surface area contributed by atoms with Crippen molar-refractivity contribution in [3.8, 4) is 5.75 Å². The molecular formula is C14H19N3O2. The molecule has 0 unspecified atom stereocenters. The number of methoxy groups -OCH3 is 1. The van der Waals surface area contributed by atoms with Gasteiger partial charge in [0.05, 0.1) is 19.5 Å². The Morgan fingerprint density at radius 1 is 1.26 bits per heavy atom. The number of hydrogen-bond acceptors (Lipinski definition) is 4. The number of rotatable bonds is 2. The number of benzene rings is 1. The summed E-state index contributed by atoms with van der Waals surface area (Å²) in [6, 6.07) is 7.88. The number of anilines is 1. The van der Waals surface area contributed by atoms with Gasteiger partial charge in [-0.15, -0.1) is 0 Å². The second-order valence-corrected chi connectivity index (χ2v) is 5.05. The topological polar surface area (TPSA) is 53.6 Å². The van der Waals surface area contributed by atoms with Crippen molar-refractivity contribution in [2.75, 3.05) is 31.8 Å². The molecule has 0 atom stereocenters. The monoisotopic (exact) mass is 261 g/mol. The van der Waals surface area contributed by atoms with E-state index in [4.69, 9.17) is 4.74 Å². The van der Waals surface area contributed by atoms with Crippen LogP contribution in [0.2, 0.25) is 0 Å². The number of carbonyl (C=O) groups excluding carboxylic acids is 1. The van der Waals surface area contributed by atoms with Crippen LogP contribution in [0.3, 0.4) is 0 Å². The molecule has 0 radical (unpaired) electrons. The lowest BCUT2D eigenvalue weighted by Gasteiger charge is -2.40. The predicted octanol–water partition coefficient (Wildman–Crippen LogP) is 0.711. The number of hydrogen-bond donors (Lipinski definition) is 2. The van der Waals surface area contributed by atoms with Gasteiger partial charge in [0.2, 0.25) is 5.91 Å². The highest BCUT2D eigenvalue weighted by molar-refractivity contribution is 5.94. The fraction of sp³-hybridized carbons (Fsp3) is 0.500. The van der Waals surface area contributed by atoms with Crippen LogP contribution < -0.4 is 20.3 Å². The van der Waals surface area contributed by atoms with Crippen LogP contribution in [0.5, 0.6) is 5.75 Å². The summed E-state index contributed by atoms with van der Waals surface area (Å²) in [6.45, 7) is 2.30. The summed E-state index contributed by atoms with van der Waals surface area (Å²) >= 11 is 0. The first-order valence-corrected chi connectivity index (χ1v) is 6.68. The fourth-order valence-electron chi connectivity index (χ4n) is 3.10. The molecule has 3 rings (SSSR count). The number of para-hydroxylation sites is 2. The maximum atomic E-state index is 12.3. The van der Waals surface area contributed by atoms with E-state index in [1.54, 1.807) is 7.11 Å². The molecule has 102 valence electrons. The number of amides is 1. The second kappa shape index (κ2) is 4.74. The van der Waals surface area contributed by atoms with Crippen molar-refractivity contribution in [1.82, 2.24) is 10.6 Å². The summed E-state index contributed by atoms with van der Waals surface area (Å²) in [5.74, 6) is 0.955. The number of piperidine rings is 1. The van der Waals surface area contributed by atoms with Gasteiger partial charge in [-0.1, -0.05) is 12.1 Å². The third kappa shape index (κ3) is 1.85. The van der Waals surface area contributed by atoms with Crippen molar-refractivity contribution in [3.63, 3.8) is 0 Å². The molecule has 0 saturated carbocycles. The van der Waals surface area contributed by atoms with Gasteiger partial charge >= 0.3 is 0 Å². The first kappa shape index (κ1) is 12.3. The molecule has 1 aromatic carbocycles. The van der Waals surface area contributed by atoms with E-state index in [-0.39, 0.29) is 5.91 Å². The van der Waals surface area contributed by atoms with Gasteiger partial charge < -0.3 is 20.3 Å². The Balaban J connectivity index is 2.01. The zero-order valence-corrected chi connectivity index (χ0v) is 11.1. The molecule has 1 amide bonds. The molecule has 19 heavy (non-hydrogen) atoms. The minimum atomic E-state index is -0.417. The van der Waals surface area contributed by atoms with Gasteiger partial charge in [-0.05, 0) is 38.1 Å². The summed E-state index contributed by atoms with van der Waals surface area (Å²) < 4.78 is 5.43. The van der Waals surface area contributed by atoms with Gasteiger partial charge in [-0.2, -0.15) is 0 Å². The van der Waals surface area contributed by atoms with Gasteiger partial charge in [-0.25, -0.2) is 0 Å². The first-order chi connectivity index (χ1) is 9.28. The molecular weight excluding hydrogens is 242 g/mol. The van der Waals surface area contributed by atoms with Crippen LogP contribution >= 0.6 is 0 Å². The van der Waals surface area contributed by atoms with Crippen LogP contribution in [0.15, 0.2) is 24.3 Å².